The highest BCUT2D eigenvalue weighted by atomic mass is 79.9. The first-order valence-corrected chi connectivity index (χ1v) is 11.4. The molecule has 0 radical (unpaired) electrons. The summed E-state index contributed by atoms with van der Waals surface area (Å²) in [4.78, 5) is 8.78. The summed E-state index contributed by atoms with van der Waals surface area (Å²) in [6, 6.07) is 15.1. The molecule has 0 spiro atoms. The van der Waals surface area contributed by atoms with E-state index in [2.05, 4.69) is 30.6 Å². The standard InChI is InChI=1S/C20H14BrClN4O4S/c21-11-1-7-16-17(9-11)24-19(26-31(28,29)14-5-2-12(23)3-6-14)20(25-16)30-13-4-8-18(27)15(22)10-13/h1-10,27H,23H2,(H,24,26). The van der Waals surface area contributed by atoms with Crippen LogP contribution in [0.3, 0.4) is 0 Å². The summed E-state index contributed by atoms with van der Waals surface area (Å²) in [5.41, 5.74) is 7.00. The van der Waals surface area contributed by atoms with E-state index < -0.39 is 10.0 Å². The Labute approximate surface area is 190 Å². The number of anilines is 2. The van der Waals surface area contributed by atoms with E-state index in [0.29, 0.717) is 16.7 Å². The number of ether oxygens (including phenoxy) is 1. The van der Waals surface area contributed by atoms with Gasteiger partial charge in [-0.15, -0.1) is 0 Å². The van der Waals surface area contributed by atoms with E-state index in [9.17, 15) is 13.5 Å². The molecule has 0 bridgehead atoms. The molecule has 31 heavy (non-hydrogen) atoms. The number of nitrogens with zero attached hydrogens (tertiary/aromatic N) is 2. The van der Waals surface area contributed by atoms with Crippen LogP contribution in [0.4, 0.5) is 11.5 Å². The molecule has 4 N–H and O–H groups in total. The van der Waals surface area contributed by atoms with Crippen molar-refractivity contribution in [1.29, 1.82) is 0 Å². The molecule has 0 atom stereocenters. The first-order valence-electron chi connectivity index (χ1n) is 8.73. The zero-order valence-electron chi connectivity index (χ0n) is 15.6. The number of phenols is 1. The number of nitrogens with two attached hydrogens (primary N) is 1. The number of hydrogen-bond donors (Lipinski definition) is 3. The number of sulfonamides is 1. The molecule has 3 aromatic carbocycles. The van der Waals surface area contributed by atoms with E-state index in [0.717, 1.165) is 4.47 Å². The van der Waals surface area contributed by atoms with Gasteiger partial charge in [-0.3, -0.25) is 4.72 Å². The predicted octanol–water partition coefficient (Wildman–Crippen LogP) is 4.93. The van der Waals surface area contributed by atoms with Crippen molar-refractivity contribution in [2.75, 3.05) is 10.5 Å². The molecule has 11 heteroatoms. The smallest absolute Gasteiger partial charge is 0.264 e. The predicted molar refractivity (Wildman–Crippen MR) is 122 cm³/mol. The topological polar surface area (TPSA) is 127 Å². The first kappa shape index (κ1) is 21.2. The van der Waals surface area contributed by atoms with Crippen molar-refractivity contribution >= 4 is 60.1 Å². The normalized spacial score (nSPS) is 11.4. The van der Waals surface area contributed by atoms with Gasteiger partial charge in [-0.25, -0.2) is 18.4 Å². The lowest BCUT2D eigenvalue weighted by Gasteiger charge is -2.13. The number of nitrogen functional groups attached to an aromatic ring is 1. The highest BCUT2D eigenvalue weighted by molar-refractivity contribution is 9.10. The molecule has 4 rings (SSSR count). The second kappa shape index (κ2) is 8.22. The number of rotatable bonds is 5. The van der Waals surface area contributed by atoms with E-state index in [1.54, 1.807) is 18.2 Å². The van der Waals surface area contributed by atoms with Crippen molar-refractivity contribution in [2.24, 2.45) is 0 Å². The number of benzene rings is 3. The fraction of sp³-hybridized carbons (Fsp3) is 0. The van der Waals surface area contributed by atoms with Gasteiger partial charge in [0.25, 0.3) is 15.9 Å². The molecule has 1 aromatic heterocycles. The third-order valence-electron chi connectivity index (χ3n) is 4.15. The van der Waals surface area contributed by atoms with Crippen LogP contribution in [0.15, 0.2) is 70.0 Å². The van der Waals surface area contributed by atoms with Crippen LogP contribution in [0.25, 0.3) is 11.0 Å². The van der Waals surface area contributed by atoms with Gasteiger partial charge in [-0.2, -0.15) is 0 Å². The molecule has 0 aliphatic carbocycles. The number of phenolic OH excluding ortho intramolecular Hbond substituents is 1. The third kappa shape index (κ3) is 4.66. The Kier molecular flexibility index (Phi) is 5.61. The van der Waals surface area contributed by atoms with Crippen LogP contribution in [-0.2, 0) is 10.0 Å². The molecule has 1 heterocycles. The van der Waals surface area contributed by atoms with Crippen molar-refractivity contribution in [3.05, 3.63) is 70.2 Å². The summed E-state index contributed by atoms with van der Waals surface area (Å²) in [6.45, 7) is 0. The van der Waals surface area contributed by atoms with Crippen LogP contribution < -0.4 is 15.2 Å². The van der Waals surface area contributed by atoms with Crippen molar-refractivity contribution in [3.63, 3.8) is 0 Å². The lowest BCUT2D eigenvalue weighted by Crippen LogP contribution is -2.15. The third-order valence-corrected chi connectivity index (χ3v) is 6.30. The molecule has 0 amide bonds. The van der Waals surface area contributed by atoms with E-state index >= 15 is 0 Å². The van der Waals surface area contributed by atoms with E-state index in [1.807, 2.05) is 0 Å². The van der Waals surface area contributed by atoms with Gasteiger partial charge in [0.05, 0.1) is 21.0 Å². The van der Waals surface area contributed by atoms with Gasteiger partial charge in [0.1, 0.15) is 11.5 Å². The highest BCUT2D eigenvalue weighted by Crippen LogP contribution is 2.34. The molecule has 0 saturated heterocycles. The molecule has 0 unspecified atom stereocenters. The van der Waals surface area contributed by atoms with Crippen molar-refractivity contribution < 1.29 is 18.3 Å². The van der Waals surface area contributed by atoms with Crippen molar-refractivity contribution in [3.8, 4) is 17.4 Å². The lowest BCUT2D eigenvalue weighted by molar-refractivity contribution is 0.456. The minimum absolute atomic E-state index is 0.00327. The van der Waals surface area contributed by atoms with Gasteiger partial charge >= 0.3 is 0 Å². The van der Waals surface area contributed by atoms with E-state index in [1.165, 1.54) is 42.5 Å². The Hall–Kier alpha value is -3.08. The van der Waals surface area contributed by atoms with Gasteiger partial charge < -0.3 is 15.6 Å². The van der Waals surface area contributed by atoms with Crippen LogP contribution >= 0.6 is 27.5 Å². The molecule has 158 valence electrons. The summed E-state index contributed by atoms with van der Waals surface area (Å²) < 4.78 is 34.7. The maximum absolute atomic E-state index is 12.9. The Morgan fingerprint density at radius 1 is 1.00 bits per heavy atom. The number of hydrogen-bond acceptors (Lipinski definition) is 7. The summed E-state index contributed by atoms with van der Waals surface area (Å²) in [5, 5.41) is 9.68. The monoisotopic (exact) mass is 520 g/mol. The molecular formula is C20H14BrClN4O4S. The Morgan fingerprint density at radius 2 is 1.74 bits per heavy atom. The molecule has 4 aromatic rings. The van der Waals surface area contributed by atoms with Crippen LogP contribution in [-0.4, -0.2) is 23.5 Å². The number of halogens is 2. The molecule has 0 saturated carbocycles. The van der Waals surface area contributed by atoms with E-state index in [4.69, 9.17) is 22.1 Å². The average Bonchev–Trinajstić information content (AvgIpc) is 2.71. The Morgan fingerprint density at radius 3 is 2.45 bits per heavy atom. The van der Waals surface area contributed by atoms with Crippen LogP contribution in [0.2, 0.25) is 5.02 Å². The largest absolute Gasteiger partial charge is 0.506 e. The quantitative estimate of drug-likeness (QED) is 0.318. The van der Waals surface area contributed by atoms with Crippen LogP contribution in [0.5, 0.6) is 17.4 Å². The number of aromatic hydroxyl groups is 1. The Balaban J connectivity index is 1.80. The molecule has 0 fully saturated rings. The second-order valence-electron chi connectivity index (χ2n) is 6.40. The fourth-order valence-electron chi connectivity index (χ4n) is 2.64. The summed E-state index contributed by atoms with van der Waals surface area (Å²) in [7, 11) is -4.00. The van der Waals surface area contributed by atoms with Gasteiger partial charge in [-0.05, 0) is 54.6 Å². The summed E-state index contributed by atoms with van der Waals surface area (Å²) in [5.74, 6) is -0.0866. The van der Waals surface area contributed by atoms with E-state index in [-0.39, 0.29) is 33.1 Å². The minimum atomic E-state index is -4.00. The Bertz CT molecular complexity index is 1400. The SMILES string of the molecule is Nc1ccc(S(=O)(=O)Nc2nc3cc(Br)ccc3nc2Oc2ccc(O)c(Cl)c2)cc1. The zero-order valence-corrected chi connectivity index (χ0v) is 18.7. The highest BCUT2D eigenvalue weighted by Gasteiger charge is 2.20. The number of aromatic nitrogens is 2. The van der Waals surface area contributed by atoms with Gasteiger partial charge in [0.15, 0.2) is 0 Å². The second-order valence-corrected chi connectivity index (χ2v) is 9.41. The lowest BCUT2D eigenvalue weighted by atomic mass is 10.3. The molecule has 0 aliphatic rings. The average molecular weight is 522 g/mol. The minimum Gasteiger partial charge on any atom is -0.506 e. The summed E-state index contributed by atoms with van der Waals surface area (Å²) >= 11 is 9.30. The fourth-order valence-corrected chi connectivity index (χ4v) is 4.16. The van der Waals surface area contributed by atoms with Gasteiger partial charge in [0, 0.05) is 16.2 Å². The summed E-state index contributed by atoms with van der Waals surface area (Å²) in [6.07, 6.45) is 0. The van der Waals surface area contributed by atoms with Gasteiger partial charge in [0.2, 0.25) is 5.82 Å². The van der Waals surface area contributed by atoms with Crippen LogP contribution in [0.1, 0.15) is 0 Å². The zero-order chi connectivity index (χ0) is 22.2. The molecule has 8 nitrogen and oxygen atoms in total. The number of fused-ring (bicyclic) bond motifs is 1. The maximum atomic E-state index is 12.9. The van der Waals surface area contributed by atoms with Crippen molar-refractivity contribution in [2.45, 2.75) is 4.90 Å². The number of nitrogens with one attached hydrogen (secondary N) is 1. The maximum Gasteiger partial charge on any atom is 0.264 e. The molecular weight excluding hydrogens is 508 g/mol. The molecule has 0 aliphatic heterocycles. The first-order chi connectivity index (χ1) is 14.7. The van der Waals surface area contributed by atoms with Gasteiger partial charge in [-0.1, -0.05) is 27.5 Å². The van der Waals surface area contributed by atoms with Crippen LogP contribution in [0, 0.1) is 0 Å². The van der Waals surface area contributed by atoms with Crippen molar-refractivity contribution in [1.82, 2.24) is 9.97 Å².